The third-order valence-corrected chi connectivity index (χ3v) is 14.3. The summed E-state index contributed by atoms with van der Waals surface area (Å²) in [4.78, 5) is 2.51. The van der Waals surface area contributed by atoms with Crippen molar-refractivity contribution in [2.75, 3.05) is 4.90 Å². The quantitative estimate of drug-likeness (QED) is 0.178. The fraction of sp³-hybridized carbons (Fsp3) is 0.158. The van der Waals surface area contributed by atoms with Crippen LogP contribution in [0, 0.1) is 0 Å². The SMILES string of the molecule is CC1(C)c2ccccc2-c2ccc(N(c3ccc4c(c3)C(C)(C)c3ccccc3-4)c3ccc(-c4ccccc4)c4oc5cc6c(cc5c34)-c3ccccc3C6(C)C)cc21. The number of nitrogens with zero attached hydrogens (tertiary/aromatic N) is 1. The van der Waals surface area contributed by atoms with Crippen LogP contribution in [0.25, 0.3) is 66.4 Å². The summed E-state index contributed by atoms with van der Waals surface area (Å²) in [7, 11) is 0. The molecular formula is C57H45NO. The topological polar surface area (TPSA) is 16.4 Å². The lowest BCUT2D eigenvalue weighted by Crippen LogP contribution is -2.18. The number of benzene rings is 8. The summed E-state index contributed by atoms with van der Waals surface area (Å²) in [5, 5.41) is 2.25. The monoisotopic (exact) mass is 759 g/mol. The third-order valence-electron chi connectivity index (χ3n) is 14.3. The van der Waals surface area contributed by atoms with E-state index in [4.69, 9.17) is 4.42 Å². The predicted octanol–water partition coefficient (Wildman–Crippen LogP) is 15.6. The minimum absolute atomic E-state index is 0.139. The second-order valence-electron chi connectivity index (χ2n) is 18.5. The lowest BCUT2D eigenvalue weighted by atomic mass is 9.82. The number of hydrogen-bond acceptors (Lipinski definition) is 2. The van der Waals surface area contributed by atoms with E-state index in [0.29, 0.717) is 0 Å². The van der Waals surface area contributed by atoms with Gasteiger partial charge in [0.05, 0.1) is 11.1 Å². The Kier molecular flexibility index (Phi) is 6.84. The first-order chi connectivity index (χ1) is 28.5. The molecule has 0 saturated heterocycles. The van der Waals surface area contributed by atoms with Gasteiger partial charge in [0.2, 0.25) is 0 Å². The summed E-state index contributed by atoms with van der Waals surface area (Å²) in [6.45, 7) is 14.2. The minimum atomic E-state index is -0.148. The van der Waals surface area contributed by atoms with Crippen LogP contribution in [0.3, 0.4) is 0 Å². The van der Waals surface area contributed by atoms with Gasteiger partial charge in [-0.05, 0) is 121 Å². The molecule has 0 unspecified atom stereocenters. The van der Waals surface area contributed by atoms with Crippen molar-refractivity contribution in [1.82, 2.24) is 0 Å². The number of rotatable bonds is 4. The van der Waals surface area contributed by atoms with Gasteiger partial charge >= 0.3 is 0 Å². The molecule has 0 fully saturated rings. The van der Waals surface area contributed by atoms with E-state index in [1.54, 1.807) is 0 Å². The average Bonchev–Trinajstić information content (AvgIpc) is 3.89. The fourth-order valence-corrected chi connectivity index (χ4v) is 11.2. The van der Waals surface area contributed by atoms with Crippen molar-refractivity contribution in [3.8, 4) is 44.5 Å². The lowest BCUT2D eigenvalue weighted by molar-refractivity contribution is 0.648. The van der Waals surface area contributed by atoms with E-state index in [1.807, 2.05) is 0 Å². The van der Waals surface area contributed by atoms with E-state index < -0.39 is 0 Å². The molecule has 1 aromatic heterocycles. The molecule has 0 atom stereocenters. The van der Waals surface area contributed by atoms with Crippen LogP contribution in [-0.4, -0.2) is 0 Å². The Morgan fingerprint density at radius 1 is 0.373 bits per heavy atom. The Morgan fingerprint density at radius 3 is 1.36 bits per heavy atom. The third kappa shape index (κ3) is 4.58. The first-order valence-electron chi connectivity index (χ1n) is 21.0. The van der Waals surface area contributed by atoms with Crippen LogP contribution >= 0.6 is 0 Å². The molecule has 0 spiro atoms. The summed E-state index contributed by atoms with van der Waals surface area (Å²) in [5.74, 6) is 0. The lowest BCUT2D eigenvalue weighted by Gasteiger charge is -2.30. The highest BCUT2D eigenvalue weighted by molar-refractivity contribution is 6.18. The largest absolute Gasteiger partial charge is 0.455 e. The van der Waals surface area contributed by atoms with E-state index in [0.717, 1.165) is 50.1 Å². The van der Waals surface area contributed by atoms with E-state index in [1.165, 1.54) is 66.8 Å². The molecular weight excluding hydrogens is 715 g/mol. The summed E-state index contributed by atoms with van der Waals surface area (Å²) in [5.41, 5.74) is 23.0. The molecule has 3 aliphatic carbocycles. The van der Waals surface area contributed by atoms with Crippen molar-refractivity contribution >= 4 is 39.0 Å². The van der Waals surface area contributed by atoms with Gasteiger partial charge in [0, 0.05) is 38.6 Å². The molecule has 0 saturated carbocycles. The Hall–Kier alpha value is -6.64. The molecule has 12 rings (SSSR count). The van der Waals surface area contributed by atoms with Crippen LogP contribution in [0.5, 0.6) is 0 Å². The zero-order valence-corrected chi connectivity index (χ0v) is 34.4. The summed E-state index contributed by atoms with van der Waals surface area (Å²) < 4.78 is 7.19. The number of furan rings is 1. The van der Waals surface area contributed by atoms with Crippen molar-refractivity contribution in [1.29, 1.82) is 0 Å². The molecule has 284 valence electrons. The van der Waals surface area contributed by atoms with Gasteiger partial charge in [0.15, 0.2) is 0 Å². The second kappa shape index (κ2) is 11.7. The van der Waals surface area contributed by atoms with Gasteiger partial charge in [-0.15, -0.1) is 0 Å². The minimum Gasteiger partial charge on any atom is -0.455 e. The molecule has 1 heterocycles. The molecule has 0 aliphatic heterocycles. The highest BCUT2D eigenvalue weighted by Crippen LogP contribution is 2.56. The molecule has 9 aromatic rings. The Morgan fingerprint density at radius 2 is 0.814 bits per heavy atom. The van der Waals surface area contributed by atoms with Gasteiger partial charge in [0.1, 0.15) is 11.2 Å². The van der Waals surface area contributed by atoms with Crippen molar-refractivity contribution < 1.29 is 4.42 Å². The summed E-state index contributed by atoms with van der Waals surface area (Å²) in [6.07, 6.45) is 0. The van der Waals surface area contributed by atoms with E-state index in [2.05, 4.69) is 210 Å². The normalized spacial score (nSPS) is 15.7. The molecule has 2 nitrogen and oxygen atoms in total. The Bertz CT molecular complexity index is 3140. The zero-order chi connectivity index (χ0) is 40.0. The molecule has 0 radical (unpaired) electrons. The number of fused-ring (bicyclic) bond motifs is 12. The van der Waals surface area contributed by atoms with Crippen LogP contribution in [-0.2, 0) is 16.2 Å². The molecule has 3 aliphatic rings. The number of anilines is 3. The second-order valence-corrected chi connectivity index (χ2v) is 18.5. The van der Waals surface area contributed by atoms with Crippen LogP contribution in [0.4, 0.5) is 17.1 Å². The van der Waals surface area contributed by atoms with Gasteiger partial charge in [-0.1, -0.05) is 157 Å². The number of hydrogen-bond donors (Lipinski definition) is 0. The maximum absolute atomic E-state index is 7.19. The molecule has 0 bridgehead atoms. The highest BCUT2D eigenvalue weighted by atomic mass is 16.3. The van der Waals surface area contributed by atoms with Crippen LogP contribution in [0.15, 0.2) is 168 Å². The average molecular weight is 760 g/mol. The first kappa shape index (κ1) is 34.4. The smallest absolute Gasteiger partial charge is 0.145 e. The van der Waals surface area contributed by atoms with Gasteiger partial charge in [-0.2, -0.15) is 0 Å². The molecule has 59 heavy (non-hydrogen) atoms. The standard InChI is InChI=1S/C57H45NO/c1-55(2)45-21-13-10-18-38(45)41-26-24-35(30-48(41)55)58(36-25-27-42-39-19-11-14-22-46(39)56(3,4)49(42)31-36)51-29-28-37(34-16-8-7-9-17-34)54-53(51)44-32-43-40-20-12-15-23-47(40)57(5,6)50(43)33-52(44)59-54/h7-33H,1-6H3. The summed E-state index contributed by atoms with van der Waals surface area (Å²) >= 11 is 0. The summed E-state index contributed by atoms with van der Waals surface area (Å²) in [6, 6.07) is 61.1. The van der Waals surface area contributed by atoms with Crippen LogP contribution < -0.4 is 4.90 Å². The van der Waals surface area contributed by atoms with E-state index in [9.17, 15) is 0 Å². The van der Waals surface area contributed by atoms with Gasteiger partial charge in [-0.25, -0.2) is 0 Å². The molecule has 0 N–H and O–H groups in total. The maximum atomic E-state index is 7.19. The Balaban J connectivity index is 1.17. The van der Waals surface area contributed by atoms with Crippen LogP contribution in [0.1, 0.15) is 74.9 Å². The van der Waals surface area contributed by atoms with Crippen LogP contribution in [0.2, 0.25) is 0 Å². The molecule has 0 amide bonds. The van der Waals surface area contributed by atoms with Crippen molar-refractivity contribution in [3.63, 3.8) is 0 Å². The molecule has 2 heteroatoms. The van der Waals surface area contributed by atoms with Gasteiger partial charge in [0.25, 0.3) is 0 Å². The predicted molar refractivity (Wildman–Crippen MR) is 247 cm³/mol. The Labute approximate surface area is 346 Å². The highest BCUT2D eigenvalue weighted by Gasteiger charge is 2.39. The molecule has 8 aromatic carbocycles. The van der Waals surface area contributed by atoms with E-state index in [-0.39, 0.29) is 16.2 Å². The first-order valence-corrected chi connectivity index (χ1v) is 21.0. The van der Waals surface area contributed by atoms with Crippen molar-refractivity contribution in [2.24, 2.45) is 0 Å². The fourth-order valence-electron chi connectivity index (χ4n) is 11.2. The zero-order valence-electron chi connectivity index (χ0n) is 34.4. The van der Waals surface area contributed by atoms with Gasteiger partial charge < -0.3 is 9.32 Å². The van der Waals surface area contributed by atoms with Crippen molar-refractivity contribution in [2.45, 2.75) is 57.8 Å². The van der Waals surface area contributed by atoms with Crippen molar-refractivity contribution in [3.05, 3.63) is 197 Å². The van der Waals surface area contributed by atoms with Gasteiger partial charge in [-0.3, -0.25) is 0 Å². The van der Waals surface area contributed by atoms with E-state index >= 15 is 0 Å². The maximum Gasteiger partial charge on any atom is 0.145 e.